The van der Waals surface area contributed by atoms with Crippen molar-refractivity contribution in [3.8, 4) is 0 Å². The highest BCUT2D eigenvalue weighted by Gasteiger charge is 2.40. The van der Waals surface area contributed by atoms with Crippen LogP contribution in [0.1, 0.15) is 60.3 Å². The molecule has 118 valence electrons. The van der Waals surface area contributed by atoms with Gasteiger partial charge in [-0.2, -0.15) is 0 Å². The van der Waals surface area contributed by atoms with Crippen molar-refractivity contribution in [1.29, 1.82) is 0 Å². The number of nitrogens with one attached hydrogen (secondary N) is 1. The summed E-state index contributed by atoms with van der Waals surface area (Å²) in [6, 6.07) is 0.323. The van der Waals surface area contributed by atoms with Crippen molar-refractivity contribution >= 4 is 5.91 Å². The molecule has 1 N–H and O–H groups in total. The van der Waals surface area contributed by atoms with Gasteiger partial charge in [0, 0.05) is 12.6 Å². The molecule has 1 amide bonds. The molecule has 0 aromatic heterocycles. The molecule has 0 saturated carbocycles. The summed E-state index contributed by atoms with van der Waals surface area (Å²) in [6.07, 6.45) is 4.40. The Morgan fingerprint density at radius 1 is 1.15 bits per heavy atom. The topological polar surface area (TPSA) is 35.6 Å². The van der Waals surface area contributed by atoms with Gasteiger partial charge in [-0.05, 0) is 32.9 Å². The summed E-state index contributed by atoms with van der Waals surface area (Å²) < 4.78 is 0. The Bertz CT molecular complexity index is 291. The number of hydrogen-bond donors (Lipinski definition) is 1. The van der Waals surface area contributed by atoms with Crippen LogP contribution in [0.3, 0.4) is 0 Å². The van der Waals surface area contributed by atoms with Gasteiger partial charge in [-0.1, -0.05) is 40.5 Å². The Hall–Kier alpha value is -0.610. The predicted octanol–water partition coefficient (Wildman–Crippen LogP) is 2.44. The highest BCUT2D eigenvalue weighted by Crippen LogP contribution is 2.21. The second kappa shape index (κ2) is 8.63. The minimum atomic E-state index is 0.0377. The number of hydrogen-bond acceptors (Lipinski definition) is 3. The maximum Gasteiger partial charge on any atom is 0.241 e. The Morgan fingerprint density at radius 2 is 1.75 bits per heavy atom. The molecule has 0 aliphatic carbocycles. The standard InChI is InChI=1S/C16H33N3O/c1-6-10-14-16(20)19(15(17-14)11-7-2)13(5)12-18(8-3)9-4/h13-15,17H,6-12H2,1-5H3. The highest BCUT2D eigenvalue weighted by molar-refractivity contribution is 5.84. The summed E-state index contributed by atoms with van der Waals surface area (Å²) >= 11 is 0. The summed E-state index contributed by atoms with van der Waals surface area (Å²) in [4.78, 5) is 17.1. The third-order valence-electron chi connectivity index (χ3n) is 4.31. The van der Waals surface area contributed by atoms with E-state index >= 15 is 0 Å². The number of amides is 1. The highest BCUT2D eigenvalue weighted by atomic mass is 16.2. The van der Waals surface area contributed by atoms with Gasteiger partial charge in [-0.15, -0.1) is 0 Å². The first-order chi connectivity index (χ1) is 9.58. The fourth-order valence-corrected chi connectivity index (χ4v) is 3.18. The molecule has 1 saturated heterocycles. The van der Waals surface area contributed by atoms with Crippen LogP contribution in [0.25, 0.3) is 0 Å². The zero-order valence-corrected chi connectivity index (χ0v) is 14.0. The summed E-state index contributed by atoms with van der Waals surface area (Å²) in [6.45, 7) is 14.0. The van der Waals surface area contributed by atoms with Crippen molar-refractivity contribution in [3.63, 3.8) is 0 Å². The van der Waals surface area contributed by atoms with Crippen LogP contribution in [0.4, 0.5) is 0 Å². The van der Waals surface area contributed by atoms with E-state index in [1.165, 1.54) is 0 Å². The van der Waals surface area contributed by atoms with Gasteiger partial charge in [0.1, 0.15) is 0 Å². The molecule has 20 heavy (non-hydrogen) atoms. The lowest BCUT2D eigenvalue weighted by Gasteiger charge is -2.33. The van der Waals surface area contributed by atoms with Crippen molar-refractivity contribution in [2.24, 2.45) is 0 Å². The van der Waals surface area contributed by atoms with E-state index in [0.717, 1.165) is 45.3 Å². The average Bonchev–Trinajstić information content (AvgIpc) is 2.73. The minimum Gasteiger partial charge on any atom is -0.322 e. The lowest BCUT2D eigenvalue weighted by Crippen LogP contribution is -2.48. The lowest BCUT2D eigenvalue weighted by molar-refractivity contribution is -0.132. The Balaban J connectivity index is 2.73. The van der Waals surface area contributed by atoms with Crippen LogP contribution in [-0.4, -0.2) is 53.6 Å². The second-order valence-corrected chi connectivity index (χ2v) is 5.89. The zero-order valence-electron chi connectivity index (χ0n) is 14.0. The van der Waals surface area contributed by atoms with Crippen molar-refractivity contribution in [2.45, 2.75) is 78.6 Å². The summed E-state index contributed by atoms with van der Waals surface area (Å²) in [5.41, 5.74) is 0. The van der Waals surface area contributed by atoms with Crippen LogP contribution in [0.15, 0.2) is 0 Å². The van der Waals surface area contributed by atoms with Crippen molar-refractivity contribution in [1.82, 2.24) is 15.1 Å². The van der Waals surface area contributed by atoms with Gasteiger partial charge in [0.2, 0.25) is 5.91 Å². The van der Waals surface area contributed by atoms with E-state index < -0.39 is 0 Å². The quantitative estimate of drug-likeness (QED) is 0.706. The second-order valence-electron chi connectivity index (χ2n) is 5.89. The average molecular weight is 283 g/mol. The molecule has 0 aromatic carbocycles. The summed E-state index contributed by atoms with van der Waals surface area (Å²) in [7, 11) is 0. The maximum absolute atomic E-state index is 12.6. The van der Waals surface area contributed by atoms with E-state index in [-0.39, 0.29) is 18.2 Å². The largest absolute Gasteiger partial charge is 0.322 e. The molecule has 3 unspecified atom stereocenters. The number of carbonyl (C=O) groups excluding carboxylic acids is 1. The number of rotatable bonds is 9. The molecule has 0 radical (unpaired) electrons. The van der Waals surface area contributed by atoms with Gasteiger partial charge in [0.15, 0.2) is 0 Å². The molecule has 0 bridgehead atoms. The molecule has 1 rings (SSSR count). The van der Waals surface area contributed by atoms with Crippen LogP contribution in [-0.2, 0) is 4.79 Å². The monoisotopic (exact) mass is 283 g/mol. The van der Waals surface area contributed by atoms with E-state index in [4.69, 9.17) is 0 Å². The van der Waals surface area contributed by atoms with E-state index in [9.17, 15) is 4.79 Å². The van der Waals surface area contributed by atoms with Crippen LogP contribution in [0, 0.1) is 0 Å². The van der Waals surface area contributed by atoms with Gasteiger partial charge >= 0.3 is 0 Å². The Kier molecular flexibility index (Phi) is 7.52. The third-order valence-corrected chi connectivity index (χ3v) is 4.31. The van der Waals surface area contributed by atoms with E-state index in [0.29, 0.717) is 5.91 Å². The molecule has 0 aromatic rings. The van der Waals surface area contributed by atoms with E-state index in [2.05, 4.69) is 49.7 Å². The first-order valence-corrected chi connectivity index (χ1v) is 8.39. The molecule has 0 spiro atoms. The van der Waals surface area contributed by atoms with E-state index in [1.54, 1.807) is 0 Å². The van der Waals surface area contributed by atoms with Crippen LogP contribution < -0.4 is 5.32 Å². The molecular formula is C16H33N3O. The molecule has 1 aliphatic rings. The molecule has 1 aliphatic heterocycles. The molecule has 3 atom stereocenters. The van der Waals surface area contributed by atoms with Crippen LogP contribution >= 0.6 is 0 Å². The first kappa shape index (κ1) is 17.4. The molecule has 4 nitrogen and oxygen atoms in total. The van der Waals surface area contributed by atoms with Gasteiger partial charge in [-0.25, -0.2) is 0 Å². The Morgan fingerprint density at radius 3 is 2.25 bits per heavy atom. The molecule has 4 heteroatoms. The van der Waals surface area contributed by atoms with Crippen molar-refractivity contribution in [3.05, 3.63) is 0 Å². The van der Waals surface area contributed by atoms with Crippen LogP contribution in [0.5, 0.6) is 0 Å². The SMILES string of the molecule is CCCC1NC(CCC)N(C(C)CN(CC)CC)C1=O. The van der Waals surface area contributed by atoms with Gasteiger partial charge in [0.05, 0.1) is 12.2 Å². The molecule has 1 heterocycles. The van der Waals surface area contributed by atoms with Gasteiger partial charge < -0.3 is 9.80 Å². The zero-order chi connectivity index (χ0) is 15.1. The number of likely N-dealkylation sites (N-methyl/N-ethyl adjacent to an activating group) is 1. The number of carbonyl (C=O) groups is 1. The Labute approximate surface area is 124 Å². The fraction of sp³-hybridized carbons (Fsp3) is 0.938. The van der Waals surface area contributed by atoms with Gasteiger partial charge in [-0.3, -0.25) is 10.1 Å². The molecular weight excluding hydrogens is 250 g/mol. The van der Waals surface area contributed by atoms with Crippen LogP contribution in [0.2, 0.25) is 0 Å². The maximum atomic E-state index is 12.6. The fourth-order valence-electron chi connectivity index (χ4n) is 3.18. The normalized spacial score (nSPS) is 24.7. The predicted molar refractivity (Wildman–Crippen MR) is 84.6 cm³/mol. The van der Waals surface area contributed by atoms with Crippen molar-refractivity contribution in [2.75, 3.05) is 19.6 Å². The first-order valence-electron chi connectivity index (χ1n) is 8.39. The number of nitrogens with zero attached hydrogens (tertiary/aromatic N) is 2. The summed E-state index contributed by atoms with van der Waals surface area (Å²) in [5, 5.41) is 3.54. The van der Waals surface area contributed by atoms with Crippen molar-refractivity contribution < 1.29 is 4.79 Å². The smallest absolute Gasteiger partial charge is 0.241 e. The van der Waals surface area contributed by atoms with E-state index in [1.807, 2.05) is 0 Å². The third kappa shape index (κ3) is 4.19. The molecule has 1 fully saturated rings. The van der Waals surface area contributed by atoms with Gasteiger partial charge in [0.25, 0.3) is 0 Å². The summed E-state index contributed by atoms with van der Waals surface area (Å²) in [5.74, 6) is 0.310. The minimum absolute atomic E-state index is 0.0377. The lowest BCUT2D eigenvalue weighted by atomic mass is 10.1.